The van der Waals surface area contributed by atoms with Gasteiger partial charge in [-0.3, -0.25) is 0 Å². The van der Waals surface area contributed by atoms with E-state index in [9.17, 15) is 22.0 Å². The van der Waals surface area contributed by atoms with Gasteiger partial charge in [0.15, 0.2) is 5.16 Å². The van der Waals surface area contributed by atoms with Crippen LogP contribution in [0.4, 0.5) is 22.0 Å². The van der Waals surface area contributed by atoms with Crippen LogP contribution in [-0.4, -0.2) is 19.7 Å². The van der Waals surface area contributed by atoms with Crippen molar-refractivity contribution in [1.82, 2.24) is 19.7 Å². The average molecular weight is 345 g/mol. The summed E-state index contributed by atoms with van der Waals surface area (Å²) >= 11 is 6.46. The fourth-order valence-corrected chi connectivity index (χ4v) is 2.38. The summed E-state index contributed by atoms with van der Waals surface area (Å²) in [5, 5.41) is 6.61. The van der Waals surface area contributed by atoms with E-state index in [1.165, 1.54) is 7.05 Å². The molecule has 0 aliphatic carbocycles. The van der Waals surface area contributed by atoms with Crippen molar-refractivity contribution in [2.45, 2.75) is 22.8 Å². The zero-order valence-electron chi connectivity index (χ0n) is 10.2. The van der Waals surface area contributed by atoms with Gasteiger partial charge in [-0.15, -0.1) is 10.2 Å². The molecule has 0 bridgehead atoms. The zero-order chi connectivity index (χ0) is 15.8. The molecular formula is C10H6ClF5N4S. The van der Waals surface area contributed by atoms with Gasteiger partial charge in [-0.25, -0.2) is 13.8 Å². The molecule has 2 aromatic heterocycles. The third-order valence-corrected chi connectivity index (χ3v) is 3.84. The molecule has 0 radical (unpaired) electrons. The monoisotopic (exact) mass is 344 g/mol. The average Bonchev–Trinajstić information content (AvgIpc) is 2.72. The predicted octanol–water partition coefficient (Wildman–Crippen LogP) is 3.97. The first-order valence-electron chi connectivity index (χ1n) is 5.28. The summed E-state index contributed by atoms with van der Waals surface area (Å²) in [6.45, 7) is 0. The first kappa shape index (κ1) is 16.0. The number of pyridine rings is 1. The van der Waals surface area contributed by atoms with Crippen molar-refractivity contribution in [3.8, 4) is 0 Å². The molecule has 2 heterocycles. The van der Waals surface area contributed by atoms with Crippen molar-refractivity contribution in [2.75, 3.05) is 0 Å². The lowest BCUT2D eigenvalue weighted by Gasteiger charge is -2.08. The lowest BCUT2D eigenvalue weighted by Crippen LogP contribution is -2.05. The Kier molecular flexibility index (Phi) is 4.38. The van der Waals surface area contributed by atoms with Gasteiger partial charge in [-0.1, -0.05) is 11.6 Å². The third-order valence-electron chi connectivity index (χ3n) is 2.39. The molecule has 4 nitrogen and oxygen atoms in total. The fourth-order valence-electron chi connectivity index (χ4n) is 1.35. The minimum absolute atomic E-state index is 0.0148. The highest BCUT2D eigenvalue weighted by atomic mass is 35.5. The smallest absolute Gasteiger partial charge is 0.304 e. The van der Waals surface area contributed by atoms with Crippen LogP contribution in [0.15, 0.2) is 22.4 Å². The van der Waals surface area contributed by atoms with Gasteiger partial charge in [-0.2, -0.15) is 13.2 Å². The van der Waals surface area contributed by atoms with Crippen molar-refractivity contribution in [1.29, 1.82) is 0 Å². The Morgan fingerprint density at radius 1 is 1.29 bits per heavy atom. The van der Waals surface area contributed by atoms with Crippen molar-refractivity contribution in [3.63, 3.8) is 0 Å². The summed E-state index contributed by atoms with van der Waals surface area (Å²) in [4.78, 5) is 3.58. The van der Waals surface area contributed by atoms with Crippen molar-refractivity contribution >= 4 is 23.4 Å². The van der Waals surface area contributed by atoms with Crippen molar-refractivity contribution in [2.24, 2.45) is 7.05 Å². The predicted molar refractivity (Wildman–Crippen MR) is 64.3 cm³/mol. The van der Waals surface area contributed by atoms with Crippen molar-refractivity contribution < 1.29 is 22.0 Å². The van der Waals surface area contributed by atoms with Crippen molar-refractivity contribution in [3.05, 3.63) is 28.7 Å². The summed E-state index contributed by atoms with van der Waals surface area (Å²) in [5.41, 5.74) is -0.997. The van der Waals surface area contributed by atoms with E-state index in [0.29, 0.717) is 12.3 Å². The molecule has 0 N–H and O–H groups in total. The minimum atomic E-state index is -4.56. The van der Waals surface area contributed by atoms with Crippen LogP contribution in [0.3, 0.4) is 0 Å². The standard InChI is InChI=1S/C10H6ClF5N4S/c1-20-7(6(12)13)18-19-9(20)21-8-5(11)2-4(3-17-8)10(14,15)16/h2-3,6H,1H3. The van der Waals surface area contributed by atoms with E-state index in [2.05, 4.69) is 15.2 Å². The summed E-state index contributed by atoms with van der Waals surface area (Å²) in [6, 6.07) is 0.710. The van der Waals surface area contributed by atoms with Gasteiger partial charge in [0.2, 0.25) is 5.82 Å². The van der Waals surface area contributed by atoms with Crippen LogP contribution in [0.1, 0.15) is 17.8 Å². The number of alkyl halides is 5. The Morgan fingerprint density at radius 2 is 1.95 bits per heavy atom. The molecule has 0 saturated heterocycles. The van der Waals surface area contributed by atoms with Gasteiger partial charge < -0.3 is 4.57 Å². The van der Waals surface area contributed by atoms with Crippen LogP contribution < -0.4 is 0 Å². The maximum Gasteiger partial charge on any atom is 0.417 e. The molecule has 0 spiro atoms. The van der Waals surface area contributed by atoms with E-state index in [-0.39, 0.29) is 15.2 Å². The fraction of sp³-hybridized carbons (Fsp3) is 0.300. The highest BCUT2D eigenvalue weighted by molar-refractivity contribution is 7.99. The van der Waals surface area contributed by atoms with E-state index >= 15 is 0 Å². The lowest BCUT2D eigenvalue weighted by atomic mass is 10.3. The molecule has 2 rings (SSSR count). The van der Waals surface area contributed by atoms with E-state index in [1.807, 2.05) is 0 Å². The molecule has 114 valence electrons. The Labute approximate surface area is 124 Å². The zero-order valence-corrected chi connectivity index (χ0v) is 11.8. The quantitative estimate of drug-likeness (QED) is 0.790. The highest BCUT2D eigenvalue weighted by Crippen LogP contribution is 2.36. The Hall–Kier alpha value is -1.42. The summed E-state index contributed by atoms with van der Waals surface area (Å²) in [6.07, 6.45) is -6.76. The lowest BCUT2D eigenvalue weighted by molar-refractivity contribution is -0.137. The summed E-state index contributed by atoms with van der Waals surface area (Å²) in [5.74, 6) is -0.555. The van der Waals surface area contributed by atoms with Crippen LogP contribution in [0, 0.1) is 0 Å². The van der Waals surface area contributed by atoms with Gasteiger partial charge in [0.1, 0.15) is 5.03 Å². The second-order valence-electron chi connectivity index (χ2n) is 3.81. The molecule has 21 heavy (non-hydrogen) atoms. The van der Waals surface area contributed by atoms with Crippen LogP contribution in [0.5, 0.6) is 0 Å². The molecule has 11 heteroatoms. The van der Waals surface area contributed by atoms with Crippen LogP contribution in [0.2, 0.25) is 5.02 Å². The molecule has 0 saturated carbocycles. The molecule has 0 aliphatic heterocycles. The molecule has 0 aromatic carbocycles. The molecule has 0 amide bonds. The van der Waals surface area contributed by atoms with Gasteiger partial charge >= 0.3 is 6.18 Å². The molecule has 0 aliphatic rings. The number of aromatic nitrogens is 4. The third kappa shape index (κ3) is 3.43. The normalized spacial score (nSPS) is 12.2. The Balaban J connectivity index is 2.29. The second kappa shape index (κ2) is 5.76. The highest BCUT2D eigenvalue weighted by Gasteiger charge is 2.31. The largest absolute Gasteiger partial charge is 0.417 e. The molecule has 0 unspecified atom stereocenters. The number of halogens is 6. The minimum Gasteiger partial charge on any atom is -0.304 e. The van der Waals surface area contributed by atoms with E-state index < -0.39 is 24.0 Å². The number of rotatable bonds is 3. The van der Waals surface area contributed by atoms with Gasteiger partial charge in [0, 0.05) is 13.2 Å². The molecule has 0 atom stereocenters. The number of nitrogens with zero attached hydrogens (tertiary/aromatic N) is 4. The second-order valence-corrected chi connectivity index (χ2v) is 5.17. The van der Waals surface area contributed by atoms with Gasteiger partial charge in [-0.05, 0) is 17.8 Å². The van der Waals surface area contributed by atoms with Crippen LogP contribution in [0.25, 0.3) is 0 Å². The first-order chi connectivity index (χ1) is 9.70. The van der Waals surface area contributed by atoms with Gasteiger partial charge in [0.25, 0.3) is 6.43 Å². The number of hydrogen-bond acceptors (Lipinski definition) is 4. The summed E-state index contributed by atoms with van der Waals surface area (Å²) in [7, 11) is 1.31. The molecular weight excluding hydrogens is 339 g/mol. The first-order valence-corrected chi connectivity index (χ1v) is 6.47. The Bertz CT molecular complexity index is 657. The van der Waals surface area contributed by atoms with Crippen LogP contribution in [-0.2, 0) is 13.2 Å². The maximum absolute atomic E-state index is 12.5. The summed E-state index contributed by atoms with van der Waals surface area (Å²) < 4.78 is 63.5. The van der Waals surface area contributed by atoms with E-state index in [0.717, 1.165) is 16.3 Å². The number of hydrogen-bond donors (Lipinski definition) is 0. The van der Waals surface area contributed by atoms with Gasteiger partial charge in [0.05, 0.1) is 10.6 Å². The Morgan fingerprint density at radius 3 is 2.43 bits per heavy atom. The van der Waals surface area contributed by atoms with E-state index in [1.54, 1.807) is 0 Å². The topological polar surface area (TPSA) is 43.6 Å². The van der Waals surface area contributed by atoms with E-state index in [4.69, 9.17) is 11.6 Å². The molecule has 2 aromatic rings. The van der Waals surface area contributed by atoms with Crippen LogP contribution >= 0.6 is 23.4 Å². The maximum atomic E-state index is 12.5. The molecule has 0 fully saturated rings. The SMILES string of the molecule is Cn1c(Sc2ncc(C(F)(F)F)cc2Cl)nnc1C(F)F.